The molecule has 0 fully saturated rings. The van der Waals surface area contributed by atoms with Crippen molar-refractivity contribution in [3.8, 4) is 11.5 Å². The standard InChI is InChI=1S/C22H20O7/c1-13-4-6-17-16(10-21(24)29-19(17)8-13)11-28-22(25)12-27-18-7-5-15(14(2)23)9-20(18)26-3/h4-10H,11-12H2,1-3H3. The molecule has 0 aliphatic heterocycles. The summed E-state index contributed by atoms with van der Waals surface area (Å²) in [5.41, 5.74) is 1.90. The van der Waals surface area contributed by atoms with Gasteiger partial charge in [-0.25, -0.2) is 9.59 Å². The number of rotatable bonds is 7. The van der Waals surface area contributed by atoms with Crippen molar-refractivity contribution in [2.75, 3.05) is 13.7 Å². The number of fused-ring (bicyclic) bond motifs is 1. The quantitative estimate of drug-likeness (QED) is 0.343. The molecule has 0 amide bonds. The van der Waals surface area contributed by atoms with Crippen molar-refractivity contribution >= 4 is 22.7 Å². The summed E-state index contributed by atoms with van der Waals surface area (Å²) in [6.45, 7) is 2.89. The Morgan fingerprint density at radius 2 is 1.83 bits per heavy atom. The summed E-state index contributed by atoms with van der Waals surface area (Å²) >= 11 is 0. The van der Waals surface area contributed by atoms with Gasteiger partial charge in [0.2, 0.25) is 0 Å². The predicted octanol–water partition coefficient (Wildman–Crippen LogP) is 3.43. The van der Waals surface area contributed by atoms with Gasteiger partial charge in [-0.15, -0.1) is 0 Å². The highest BCUT2D eigenvalue weighted by Crippen LogP contribution is 2.28. The third-order valence-electron chi connectivity index (χ3n) is 4.29. The molecule has 29 heavy (non-hydrogen) atoms. The molecule has 0 saturated carbocycles. The van der Waals surface area contributed by atoms with Crippen molar-refractivity contribution in [1.82, 2.24) is 0 Å². The van der Waals surface area contributed by atoms with Gasteiger partial charge in [0.25, 0.3) is 0 Å². The monoisotopic (exact) mass is 396 g/mol. The fraction of sp³-hybridized carbons (Fsp3) is 0.227. The minimum absolute atomic E-state index is 0.0895. The van der Waals surface area contributed by atoms with E-state index in [1.807, 2.05) is 19.1 Å². The first-order valence-electron chi connectivity index (χ1n) is 8.88. The van der Waals surface area contributed by atoms with E-state index < -0.39 is 11.6 Å². The highest BCUT2D eigenvalue weighted by molar-refractivity contribution is 5.94. The number of carbonyl (C=O) groups is 2. The Bertz CT molecular complexity index is 1130. The number of benzene rings is 2. The molecule has 0 aliphatic rings. The second-order valence-corrected chi connectivity index (χ2v) is 6.46. The van der Waals surface area contributed by atoms with Gasteiger partial charge in [-0.1, -0.05) is 12.1 Å². The summed E-state index contributed by atoms with van der Waals surface area (Å²) in [6.07, 6.45) is 0. The Morgan fingerprint density at radius 1 is 1.03 bits per heavy atom. The number of hydrogen-bond donors (Lipinski definition) is 0. The van der Waals surface area contributed by atoms with Crippen LogP contribution in [0.15, 0.2) is 51.7 Å². The van der Waals surface area contributed by atoms with Crippen molar-refractivity contribution in [1.29, 1.82) is 0 Å². The average molecular weight is 396 g/mol. The maximum absolute atomic E-state index is 12.1. The highest BCUT2D eigenvalue weighted by Gasteiger charge is 2.13. The van der Waals surface area contributed by atoms with E-state index in [2.05, 4.69) is 0 Å². The molecule has 2 aromatic carbocycles. The number of ether oxygens (including phenoxy) is 3. The molecule has 0 spiro atoms. The number of carbonyl (C=O) groups excluding carboxylic acids is 2. The van der Waals surface area contributed by atoms with Gasteiger partial charge in [-0.2, -0.15) is 0 Å². The van der Waals surface area contributed by atoms with E-state index in [0.717, 1.165) is 5.56 Å². The van der Waals surface area contributed by atoms with E-state index in [9.17, 15) is 14.4 Å². The van der Waals surface area contributed by atoms with E-state index in [1.165, 1.54) is 20.1 Å². The Balaban J connectivity index is 1.66. The second kappa shape index (κ2) is 8.60. The molecular weight excluding hydrogens is 376 g/mol. The van der Waals surface area contributed by atoms with Crippen molar-refractivity contribution < 1.29 is 28.2 Å². The second-order valence-electron chi connectivity index (χ2n) is 6.46. The Morgan fingerprint density at radius 3 is 2.55 bits per heavy atom. The van der Waals surface area contributed by atoms with Gasteiger partial charge in [0, 0.05) is 22.6 Å². The van der Waals surface area contributed by atoms with Crippen LogP contribution in [0.3, 0.4) is 0 Å². The van der Waals surface area contributed by atoms with Crippen LogP contribution in [0, 0.1) is 6.92 Å². The third-order valence-corrected chi connectivity index (χ3v) is 4.29. The number of esters is 1. The number of aryl methyl sites for hydroxylation is 1. The third kappa shape index (κ3) is 4.82. The maximum Gasteiger partial charge on any atom is 0.344 e. The number of ketones is 1. The fourth-order valence-corrected chi connectivity index (χ4v) is 2.80. The molecule has 0 saturated heterocycles. The zero-order chi connectivity index (χ0) is 21.0. The minimum Gasteiger partial charge on any atom is -0.493 e. The van der Waals surface area contributed by atoms with E-state index in [1.54, 1.807) is 24.3 Å². The van der Waals surface area contributed by atoms with Crippen LogP contribution >= 0.6 is 0 Å². The summed E-state index contributed by atoms with van der Waals surface area (Å²) in [5, 5.41) is 0.699. The Labute approximate surface area is 166 Å². The lowest BCUT2D eigenvalue weighted by atomic mass is 10.1. The Hall–Kier alpha value is -3.61. The molecule has 3 rings (SSSR count). The van der Waals surface area contributed by atoms with Crippen LogP contribution in [0.4, 0.5) is 0 Å². The van der Waals surface area contributed by atoms with Gasteiger partial charge in [-0.05, 0) is 43.7 Å². The van der Waals surface area contributed by atoms with Gasteiger partial charge in [0.05, 0.1) is 7.11 Å². The van der Waals surface area contributed by atoms with Crippen LogP contribution in [0.25, 0.3) is 11.0 Å². The molecule has 0 unspecified atom stereocenters. The SMILES string of the molecule is COc1cc(C(C)=O)ccc1OCC(=O)OCc1cc(=O)oc2cc(C)ccc12. The lowest BCUT2D eigenvalue weighted by Gasteiger charge is -2.12. The van der Waals surface area contributed by atoms with Crippen molar-refractivity contribution in [2.45, 2.75) is 20.5 Å². The van der Waals surface area contributed by atoms with Crippen LogP contribution in [-0.2, 0) is 16.1 Å². The predicted molar refractivity (Wildman–Crippen MR) is 106 cm³/mol. The van der Waals surface area contributed by atoms with Gasteiger partial charge in [-0.3, -0.25) is 4.79 Å². The molecular formula is C22H20O7. The molecule has 7 nitrogen and oxygen atoms in total. The normalized spacial score (nSPS) is 10.6. The Kier molecular flexibility index (Phi) is 5.97. The van der Waals surface area contributed by atoms with Gasteiger partial charge < -0.3 is 18.6 Å². The van der Waals surface area contributed by atoms with Crippen molar-refractivity contribution in [3.63, 3.8) is 0 Å². The van der Waals surface area contributed by atoms with Crippen molar-refractivity contribution in [2.24, 2.45) is 0 Å². The van der Waals surface area contributed by atoms with Gasteiger partial charge in [0.1, 0.15) is 12.2 Å². The molecule has 0 N–H and O–H groups in total. The number of Topliss-reactive ketones (excluding diaryl/α,β-unsaturated/α-hetero) is 1. The highest BCUT2D eigenvalue weighted by atomic mass is 16.6. The first-order valence-corrected chi connectivity index (χ1v) is 8.88. The maximum atomic E-state index is 12.1. The molecule has 150 valence electrons. The largest absolute Gasteiger partial charge is 0.493 e. The molecule has 0 atom stereocenters. The van der Waals surface area contributed by atoms with Crippen molar-refractivity contribution in [3.05, 3.63) is 69.6 Å². The first-order chi connectivity index (χ1) is 13.9. The smallest absolute Gasteiger partial charge is 0.344 e. The van der Waals surface area contributed by atoms with E-state index >= 15 is 0 Å². The van der Waals surface area contributed by atoms with Crippen LogP contribution in [0.2, 0.25) is 0 Å². The van der Waals surface area contributed by atoms with E-state index in [4.69, 9.17) is 18.6 Å². The molecule has 7 heteroatoms. The van der Waals surface area contributed by atoms with E-state index in [-0.39, 0.29) is 19.0 Å². The number of hydrogen-bond acceptors (Lipinski definition) is 7. The zero-order valence-corrected chi connectivity index (χ0v) is 16.3. The van der Waals surface area contributed by atoms with Gasteiger partial charge >= 0.3 is 11.6 Å². The summed E-state index contributed by atoms with van der Waals surface area (Å²) in [4.78, 5) is 35.3. The zero-order valence-electron chi connectivity index (χ0n) is 16.3. The lowest BCUT2D eigenvalue weighted by molar-refractivity contribution is -0.147. The molecule has 3 aromatic rings. The summed E-state index contributed by atoms with van der Waals surface area (Å²) in [5.74, 6) is -0.0662. The molecule has 1 heterocycles. The summed E-state index contributed by atoms with van der Waals surface area (Å²) in [6, 6.07) is 11.4. The van der Waals surface area contributed by atoms with Gasteiger partial charge in [0.15, 0.2) is 23.9 Å². The molecule has 0 aliphatic carbocycles. The lowest BCUT2D eigenvalue weighted by Crippen LogP contribution is -2.16. The molecule has 0 radical (unpaired) electrons. The van der Waals surface area contributed by atoms with E-state index in [0.29, 0.717) is 33.6 Å². The minimum atomic E-state index is -0.615. The average Bonchev–Trinajstić information content (AvgIpc) is 2.69. The fourth-order valence-electron chi connectivity index (χ4n) is 2.80. The molecule has 1 aromatic heterocycles. The van der Waals surface area contributed by atoms with Crippen LogP contribution < -0.4 is 15.1 Å². The topological polar surface area (TPSA) is 92.0 Å². The van der Waals surface area contributed by atoms with Crippen LogP contribution in [-0.4, -0.2) is 25.5 Å². The first kappa shape index (κ1) is 20.1. The molecule has 0 bridgehead atoms. The van der Waals surface area contributed by atoms with Crippen LogP contribution in [0.1, 0.15) is 28.4 Å². The summed E-state index contributed by atoms with van der Waals surface area (Å²) in [7, 11) is 1.44. The summed E-state index contributed by atoms with van der Waals surface area (Å²) < 4.78 is 21.1. The number of methoxy groups -OCH3 is 1. The van der Waals surface area contributed by atoms with Crippen LogP contribution in [0.5, 0.6) is 11.5 Å².